The van der Waals surface area contributed by atoms with Gasteiger partial charge in [0.05, 0.1) is 16.5 Å². The van der Waals surface area contributed by atoms with Crippen LogP contribution < -0.4 is 5.32 Å². The van der Waals surface area contributed by atoms with Gasteiger partial charge < -0.3 is 5.32 Å². The number of thiazole rings is 1. The zero-order valence-corrected chi connectivity index (χ0v) is 15.4. The van der Waals surface area contributed by atoms with Crippen molar-refractivity contribution in [2.24, 2.45) is 0 Å². The Morgan fingerprint density at radius 1 is 1.43 bits per heavy atom. The number of carbonyl (C=O) groups excluding carboxylic acids is 1. The molecule has 4 nitrogen and oxygen atoms in total. The highest BCUT2D eigenvalue weighted by Gasteiger charge is 2.26. The van der Waals surface area contributed by atoms with E-state index in [0.717, 1.165) is 17.1 Å². The molecule has 6 heteroatoms. The highest BCUT2D eigenvalue weighted by Crippen LogP contribution is 2.20. The summed E-state index contributed by atoms with van der Waals surface area (Å²) in [5.41, 5.74) is 0.553. The molecule has 21 heavy (non-hydrogen) atoms. The molecule has 1 heterocycles. The van der Waals surface area contributed by atoms with Crippen LogP contribution >= 0.6 is 11.3 Å². The van der Waals surface area contributed by atoms with Gasteiger partial charge in [0.1, 0.15) is 5.25 Å². The summed E-state index contributed by atoms with van der Waals surface area (Å²) in [5, 5.41) is 5.40. The number of nitrogens with zero attached hydrogens (tertiary/aromatic N) is 1. The minimum atomic E-state index is -1.25. The van der Waals surface area contributed by atoms with Crippen molar-refractivity contribution in [2.75, 3.05) is 0 Å². The second-order valence-electron chi connectivity index (χ2n) is 6.23. The van der Waals surface area contributed by atoms with Gasteiger partial charge in [-0.15, -0.1) is 11.3 Å². The number of nitrogens with one attached hydrogen (secondary N) is 1. The van der Waals surface area contributed by atoms with Crippen molar-refractivity contribution in [3.8, 4) is 0 Å². The number of amides is 1. The molecule has 0 aliphatic heterocycles. The first kappa shape index (κ1) is 18.3. The van der Waals surface area contributed by atoms with E-state index in [1.165, 1.54) is 0 Å². The van der Waals surface area contributed by atoms with Crippen LogP contribution in [0.4, 0.5) is 0 Å². The molecule has 120 valence electrons. The number of hydrogen-bond acceptors (Lipinski definition) is 4. The molecule has 0 unspecified atom stereocenters. The lowest BCUT2D eigenvalue weighted by Gasteiger charge is -2.26. The number of rotatable bonds is 7. The van der Waals surface area contributed by atoms with E-state index in [1.54, 1.807) is 18.3 Å². The summed E-state index contributed by atoms with van der Waals surface area (Å²) >= 11 is 1.59. The van der Waals surface area contributed by atoms with Gasteiger partial charge in [-0.3, -0.25) is 9.00 Å². The fraction of sp³-hybridized carbons (Fsp3) is 0.733. The highest BCUT2D eigenvalue weighted by molar-refractivity contribution is 7.85. The normalized spacial score (nSPS) is 15.0. The van der Waals surface area contributed by atoms with Crippen LogP contribution in [0.2, 0.25) is 0 Å². The average Bonchev–Trinajstić information content (AvgIpc) is 2.86. The lowest BCUT2D eigenvalue weighted by molar-refractivity contribution is -0.121. The number of aromatic nitrogens is 1. The highest BCUT2D eigenvalue weighted by atomic mass is 32.2. The topological polar surface area (TPSA) is 59.1 Å². The van der Waals surface area contributed by atoms with Crippen molar-refractivity contribution >= 4 is 28.0 Å². The molecule has 1 amide bonds. The summed E-state index contributed by atoms with van der Waals surface area (Å²) in [6, 6.07) is 0. The second kappa shape index (κ2) is 7.49. The van der Waals surface area contributed by atoms with Gasteiger partial charge in [-0.2, -0.15) is 0 Å². The molecule has 0 spiro atoms. The molecule has 0 bridgehead atoms. The standard InChI is InChI=1S/C15H26N2O2S2/c1-7-15(5,6)17-13(18)11(4)21(19)9-12-8-20-14(16-12)10(2)3/h8,10-11H,7,9H2,1-6H3,(H,17,18)/t11-,21+/m0/s1. The third-order valence-electron chi connectivity index (χ3n) is 3.46. The van der Waals surface area contributed by atoms with Crippen molar-refractivity contribution in [1.29, 1.82) is 0 Å². The zero-order valence-electron chi connectivity index (χ0n) is 13.7. The summed E-state index contributed by atoms with van der Waals surface area (Å²) in [7, 11) is -1.25. The van der Waals surface area contributed by atoms with Crippen LogP contribution in [0, 0.1) is 0 Å². The third kappa shape index (κ3) is 5.51. The molecule has 1 N–H and O–H groups in total. The fourth-order valence-electron chi connectivity index (χ4n) is 1.57. The maximum atomic E-state index is 12.3. The maximum absolute atomic E-state index is 12.3. The number of hydrogen-bond donors (Lipinski definition) is 1. The molecule has 0 saturated carbocycles. The van der Waals surface area contributed by atoms with Crippen LogP contribution in [0.3, 0.4) is 0 Å². The van der Waals surface area contributed by atoms with Crippen LogP contribution in [0.25, 0.3) is 0 Å². The van der Waals surface area contributed by atoms with Crippen molar-refractivity contribution in [3.05, 3.63) is 16.1 Å². The molecule has 0 aromatic carbocycles. The number of carbonyl (C=O) groups is 1. The largest absolute Gasteiger partial charge is 0.350 e. The quantitative estimate of drug-likeness (QED) is 0.835. The van der Waals surface area contributed by atoms with Gasteiger partial charge in [-0.25, -0.2) is 4.98 Å². The molecule has 1 aromatic rings. The third-order valence-corrected chi connectivity index (χ3v) is 6.24. The zero-order chi connectivity index (χ0) is 16.2. The molecular formula is C15H26N2O2S2. The molecule has 0 aliphatic carbocycles. The molecule has 0 radical (unpaired) electrons. The maximum Gasteiger partial charge on any atom is 0.235 e. The predicted octanol–water partition coefficient (Wildman–Crippen LogP) is 3.21. The Hall–Kier alpha value is -0.750. The Kier molecular flexibility index (Phi) is 6.53. The summed E-state index contributed by atoms with van der Waals surface area (Å²) in [6.07, 6.45) is 0.835. The van der Waals surface area contributed by atoms with Crippen LogP contribution in [0.15, 0.2) is 5.38 Å². The van der Waals surface area contributed by atoms with E-state index in [4.69, 9.17) is 0 Å². The van der Waals surface area contributed by atoms with Gasteiger partial charge in [0.15, 0.2) is 0 Å². The van der Waals surface area contributed by atoms with Gasteiger partial charge >= 0.3 is 0 Å². The smallest absolute Gasteiger partial charge is 0.235 e. The van der Waals surface area contributed by atoms with Crippen molar-refractivity contribution in [2.45, 2.75) is 70.4 Å². The molecule has 1 rings (SSSR count). The van der Waals surface area contributed by atoms with E-state index in [9.17, 15) is 9.00 Å². The van der Waals surface area contributed by atoms with E-state index in [1.807, 2.05) is 26.2 Å². The molecule has 0 saturated heterocycles. The van der Waals surface area contributed by atoms with E-state index in [-0.39, 0.29) is 11.4 Å². The predicted molar refractivity (Wildman–Crippen MR) is 90.0 cm³/mol. The van der Waals surface area contributed by atoms with Gasteiger partial charge in [-0.05, 0) is 27.2 Å². The SMILES string of the molecule is CCC(C)(C)NC(=O)[C@H](C)[S@](=O)Cc1csc(C(C)C)n1. The Morgan fingerprint density at radius 2 is 2.05 bits per heavy atom. The summed E-state index contributed by atoms with van der Waals surface area (Å²) in [6.45, 7) is 11.8. The minimum Gasteiger partial charge on any atom is -0.350 e. The van der Waals surface area contributed by atoms with Crippen LogP contribution in [-0.4, -0.2) is 25.9 Å². The van der Waals surface area contributed by atoms with Crippen LogP contribution in [0.1, 0.15) is 64.6 Å². The van der Waals surface area contributed by atoms with Crippen molar-refractivity contribution in [3.63, 3.8) is 0 Å². The van der Waals surface area contributed by atoms with Crippen molar-refractivity contribution < 1.29 is 9.00 Å². The van der Waals surface area contributed by atoms with E-state index >= 15 is 0 Å². The molecule has 2 atom stereocenters. The van der Waals surface area contributed by atoms with Gasteiger partial charge in [0, 0.05) is 27.6 Å². The molecule has 0 aliphatic rings. The fourth-order valence-corrected chi connectivity index (χ4v) is 3.50. The first-order valence-corrected chi connectivity index (χ1v) is 9.56. The Morgan fingerprint density at radius 3 is 2.52 bits per heavy atom. The lowest BCUT2D eigenvalue weighted by Crippen LogP contribution is -2.47. The van der Waals surface area contributed by atoms with E-state index < -0.39 is 16.0 Å². The Balaban J connectivity index is 2.63. The summed E-state index contributed by atoms with van der Waals surface area (Å²) in [5.74, 6) is 0.562. The first-order valence-electron chi connectivity index (χ1n) is 7.29. The summed E-state index contributed by atoms with van der Waals surface area (Å²) < 4.78 is 12.3. The lowest BCUT2D eigenvalue weighted by atomic mass is 10.0. The minimum absolute atomic E-state index is 0.153. The van der Waals surface area contributed by atoms with Gasteiger partial charge in [0.2, 0.25) is 5.91 Å². The van der Waals surface area contributed by atoms with E-state index in [2.05, 4.69) is 24.1 Å². The second-order valence-corrected chi connectivity index (χ2v) is 8.87. The van der Waals surface area contributed by atoms with Gasteiger partial charge in [-0.1, -0.05) is 20.8 Å². The Labute approximate surface area is 134 Å². The molecule has 1 aromatic heterocycles. The van der Waals surface area contributed by atoms with Crippen molar-refractivity contribution in [1.82, 2.24) is 10.3 Å². The summed E-state index contributed by atoms with van der Waals surface area (Å²) in [4.78, 5) is 16.6. The first-order chi connectivity index (χ1) is 9.66. The van der Waals surface area contributed by atoms with Crippen LogP contribution in [-0.2, 0) is 21.3 Å². The molecule has 0 fully saturated rings. The molecular weight excluding hydrogens is 304 g/mol. The average molecular weight is 331 g/mol. The van der Waals surface area contributed by atoms with Gasteiger partial charge in [0.25, 0.3) is 0 Å². The monoisotopic (exact) mass is 330 g/mol. The van der Waals surface area contributed by atoms with Crippen LogP contribution in [0.5, 0.6) is 0 Å². The van der Waals surface area contributed by atoms with E-state index in [0.29, 0.717) is 11.7 Å². The Bertz CT molecular complexity index is 510.